The Labute approximate surface area is 245 Å². The summed E-state index contributed by atoms with van der Waals surface area (Å²) >= 11 is 0. The van der Waals surface area contributed by atoms with Crippen LogP contribution in [0.5, 0.6) is 5.75 Å². The minimum atomic E-state index is -1.55. The molecule has 0 saturated carbocycles. The van der Waals surface area contributed by atoms with Crippen LogP contribution in [-0.4, -0.2) is 47.2 Å². The number of hydrogen-bond donors (Lipinski definition) is 2. The van der Waals surface area contributed by atoms with Gasteiger partial charge in [-0.15, -0.1) is 0 Å². The Bertz CT molecular complexity index is 1390. The predicted octanol–water partition coefficient (Wildman–Crippen LogP) is 5.28. The van der Waals surface area contributed by atoms with Crippen LogP contribution < -0.4 is 10.1 Å². The Kier molecular flexibility index (Phi) is 9.96. The number of hydrogen-bond acceptors (Lipinski definition) is 7. The molecule has 42 heavy (non-hydrogen) atoms. The first-order chi connectivity index (χ1) is 20.1. The third-order valence-electron chi connectivity index (χ3n) is 6.66. The maximum atomic E-state index is 14.4. The summed E-state index contributed by atoms with van der Waals surface area (Å²) in [5.74, 6) is -0.556. The molecule has 2 N–H and O–H groups in total. The fourth-order valence-corrected chi connectivity index (χ4v) is 4.65. The molecule has 1 aliphatic heterocycles. The van der Waals surface area contributed by atoms with E-state index in [4.69, 9.17) is 24.3 Å². The first-order valence-electron chi connectivity index (χ1n) is 14.0. The number of esters is 1. The van der Waals surface area contributed by atoms with E-state index in [9.17, 15) is 14.0 Å². The molecular weight excluding hydrogens is 539 g/mol. The molecule has 8 nitrogen and oxygen atoms in total. The topological polar surface area (TPSA) is 106 Å². The lowest BCUT2D eigenvalue weighted by Crippen LogP contribution is -2.48. The SMILES string of the molecule is CC(C)(C)OC(=O)CC[C@@]1(C(=O)NCc2ccccc2F)N=C(c2ccc(OCCCO)cc2)O[C@@H]1c1ccccc1. The molecule has 9 heteroatoms. The van der Waals surface area contributed by atoms with Crippen molar-refractivity contribution < 1.29 is 33.3 Å². The van der Waals surface area contributed by atoms with Crippen LogP contribution >= 0.6 is 0 Å². The van der Waals surface area contributed by atoms with Crippen molar-refractivity contribution in [1.29, 1.82) is 0 Å². The number of carbonyl (C=O) groups excluding carboxylic acids is 2. The third-order valence-corrected chi connectivity index (χ3v) is 6.66. The van der Waals surface area contributed by atoms with Crippen LogP contribution in [0.2, 0.25) is 0 Å². The van der Waals surface area contributed by atoms with Gasteiger partial charge >= 0.3 is 5.97 Å². The minimum Gasteiger partial charge on any atom is -0.494 e. The molecule has 0 unspecified atom stereocenters. The zero-order valence-electron chi connectivity index (χ0n) is 24.1. The summed E-state index contributed by atoms with van der Waals surface area (Å²) in [6.07, 6.45) is -0.447. The van der Waals surface area contributed by atoms with Gasteiger partial charge in [0.05, 0.1) is 6.61 Å². The van der Waals surface area contributed by atoms with Crippen molar-refractivity contribution in [2.75, 3.05) is 13.2 Å². The van der Waals surface area contributed by atoms with Crippen molar-refractivity contribution in [2.24, 2.45) is 4.99 Å². The molecule has 0 fully saturated rings. The van der Waals surface area contributed by atoms with Crippen LogP contribution in [0.25, 0.3) is 0 Å². The second-order valence-electron chi connectivity index (χ2n) is 11.1. The first kappa shape index (κ1) is 30.7. The number of rotatable bonds is 12. The molecule has 1 heterocycles. The van der Waals surface area contributed by atoms with Gasteiger partial charge in [-0.05, 0) is 63.1 Å². The van der Waals surface area contributed by atoms with E-state index in [0.29, 0.717) is 35.5 Å². The van der Waals surface area contributed by atoms with Gasteiger partial charge in [0.2, 0.25) is 5.90 Å². The van der Waals surface area contributed by atoms with Gasteiger partial charge in [-0.3, -0.25) is 9.59 Å². The summed E-state index contributed by atoms with van der Waals surface area (Å²) in [5.41, 5.74) is -0.603. The second-order valence-corrected chi connectivity index (χ2v) is 11.1. The number of aliphatic hydroxyl groups excluding tert-OH is 1. The van der Waals surface area contributed by atoms with Crippen molar-refractivity contribution in [3.63, 3.8) is 0 Å². The van der Waals surface area contributed by atoms with E-state index < -0.39 is 34.9 Å². The van der Waals surface area contributed by atoms with E-state index in [1.165, 1.54) is 6.07 Å². The predicted molar refractivity (Wildman–Crippen MR) is 157 cm³/mol. The Balaban J connectivity index is 1.70. The summed E-state index contributed by atoms with van der Waals surface area (Å²) < 4.78 is 32.0. The lowest BCUT2D eigenvalue weighted by molar-refractivity contribution is -0.155. The van der Waals surface area contributed by atoms with Crippen molar-refractivity contribution >= 4 is 17.8 Å². The van der Waals surface area contributed by atoms with Crippen LogP contribution in [-0.2, 0) is 25.6 Å². The Morgan fingerprint density at radius 2 is 1.71 bits per heavy atom. The van der Waals surface area contributed by atoms with E-state index in [-0.39, 0.29) is 31.9 Å². The van der Waals surface area contributed by atoms with Crippen molar-refractivity contribution in [2.45, 2.75) is 63.8 Å². The number of ether oxygens (including phenoxy) is 3. The quantitative estimate of drug-likeness (QED) is 0.224. The highest BCUT2D eigenvalue weighted by Crippen LogP contribution is 2.43. The molecule has 3 aromatic carbocycles. The fraction of sp³-hybridized carbons (Fsp3) is 0.364. The highest BCUT2D eigenvalue weighted by molar-refractivity contribution is 6.01. The van der Waals surface area contributed by atoms with E-state index in [2.05, 4.69) is 5.32 Å². The number of amides is 1. The average molecular weight is 577 g/mol. The van der Waals surface area contributed by atoms with Crippen LogP contribution in [0.3, 0.4) is 0 Å². The highest BCUT2D eigenvalue weighted by Gasteiger charge is 2.53. The molecule has 1 aliphatic rings. The second kappa shape index (κ2) is 13.6. The molecule has 0 bridgehead atoms. The minimum absolute atomic E-state index is 0.00354. The van der Waals surface area contributed by atoms with Gasteiger partial charge in [0, 0.05) is 37.1 Å². The molecule has 2 atom stereocenters. The maximum Gasteiger partial charge on any atom is 0.306 e. The summed E-state index contributed by atoms with van der Waals surface area (Å²) in [6.45, 7) is 5.68. The van der Waals surface area contributed by atoms with E-state index in [1.807, 2.05) is 30.3 Å². The van der Waals surface area contributed by atoms with Gasteiger partial charge in [0.15, 0.2) is 11.6 Å². The molecule has 0 saturated heterocycles. The van der Waals surface area contributed by atoms with Gasteiger partial charge in [0.1, 0.15) is 17.2 Å². The number of nitrogens with one attached hydrogen (secondary N) is 1. The molecule has 3 aromatic rings. The van der Waals surface area contributed by atoms with Gasteiger partial charge in [-0.2, -0.15) is 0 Å². The molecule has 0 spiro atoms. The number of nitrogens with zero attached hydrogens (tertiary/aromatic N) is 1. The van der Waals surface area contributed by atoms with E-state index in [1.54, 1.807) is 63.2 Å². The molecule has 222 valence electrons. The average Bonchev–Trinajstić information content (AvgIpc) is 3.37. The normalized spacial score (nSPS) is 18.1. The summed E-state index contributed by atoms with van der Waals surface area (Å²) in [5, 5.41) is 11.8. The van der Waals surface area contributed by atoms with Gasteiger partial charge < -0.3 is 24.6 Å². The van der Waals surface area contributed by atoms with Gasteiger partial charge in [-0.25, -0.2) is 9.38 Å². The fourth-order valence-electron chi connectivity index (χ4n) is 4.65. The monoisotopic (exact) mass is 576 g/mol. The summed E-state index contributed by atoms with van der Waals surface area (Å²) in [4.78, 5) is 31.8. The van der Waals surface area contributed by atoms with E-state index >= 15 is 0 Å². The third kappa shape index (κ3) is 7.73. The van der Waals surface area contributed by atoms with Crippen molar-refractivity contribution in [1.82, 2.24) is 5.32 Å². The highest BCUT2D eigenvalue weighted by atomic mass is 19.1. The smallest absolute Gasteiger partial charge is 0.306 e. The molecule has 4 rings (SSSR count). The molecule has 1 amide bonds. The van der Waals surface area contributed by atoms with Gasteiger partial charge in [-0.1, -0.05) is 48.5 Å². The van der Waals surface area contributed by atoms with Crippen molar-refractivity contribution in [3.8, 4) is 5.75 Å². The Morgan fingerprint density at radius 3 is 2.38 bits per heavy atom. The number of aliphatic imine (C=N–C) groups is 1. The van der Waals surface area contributed by atoms with E-state index in [0.717, 1.165) is 0 Å². The maximum absolute atomic E-state index is 14.4. The number of aliphatic hydroxyl groups is 1. The van der Waals surface area contributed by atoms with Crippen LogP contribution in [0, 0.1) is 5.82 Å². The van der Waals surface area contributed by atoms with Gasteiger partial charge in [0.25, 0.3) is 5.91 Å². The van der Waals surface area contributed by atoms with Crippen LogP contribution in [0.15, 0.2) is 83.9 Å². The molecule has 0 aliphatic carbocycles. The Hall–Kier alpha value is -4.24. The van der Waals surface area contributed by atoms with Crippen molar-refractivity contribution in [3.05, 3.63) is 101 Å². The summed E-state index contributed by atoms with van der Waals surface area (Å²) in [6, 6.07) is 22.5. The number of benzene rings is 3. The largest absolute Gasteiger partial charge is 0.494 e. The molecular formula is C33H37FN2O6. The zero-order valence-corrected chi connectivity index (χ0v) is 24.1. The standard InChI is InChI=1S/C33H37FN2O6/c1-32(2,3)42-28(38)18-19-33(31(39)35-22-25-12-7-8-13-27(25)34)29(23-10-5-4-6-11-23)41-30(36-33)24-14-16-26(17-15-24)40-21-9-20-37/h4-8,10-17,29,37H,9,18-22H2,1-3H3,(H,35,39)/t29-,33-/m1/s1. The molecule has 0 aromatic heterocycles. The lowest BCUT2D eigenvalue weighted by Gasteiger charge is -2.31. The number of halogens is 1. The first-order valence-corrected chi connectivity index (χ1v) is 14.0. The van der Waals surface area contributed by atoms with Crippen LogP contribution in [0.4, 0.5) is 4.39 Å². The zero-order chi connectivity index (χ0) is 30.2. The van der Waals surface area contributed by atoms with Crippen LogP contribution in [0.1, 0.15) is 62.8 Å². The molecule has 0 radical (unpaired) electrons. The number of carbonyl (C=O) groups is 2. The summed E-state index contributed by atoms with van der Waals surface area (Å²) in [7, 11) is 0. The lowest BCUT2D eigenvalue weighted by atomic mass is 9.83. The Morgan fingerprint density at radius 1 is 1.02 bits per heavy atom.